The average molecular weight is 666 g/mol. The topological polar surface area (TPSA) is 143 Å². The molecule has 5 heterocycles. The molecule has 254 valence electrons. The molecule has 4 amide bonds. The average Bonchev–Trinajstić information content (AvgIpc) is 3.62. The number of piperidine rings is 2. The van der Waals surface area contributed by atoms with Gasteiger partial charge in [0.15, 0.2) is 5.76 Å². The Hall–Kier alpha value is -4.55. The van der Waals surface area contributed by atoms with E-state index in [0.29, 0.717) is 60.9 Å². The number of carbonyl (C=O) groups is 4. The standard InChI is InChI=1S/C37H39N5O7/c43-33(28-17-22-15-26(22)41(28)36(45)30-3-1-13-47-30)39-24-9-5-20(6-10-24)32-19-38-35(49-32)21-7-11-25(12-8-21)40-34(44)29-18-23-16-27(23)42(29)37(46)31-4-2-14-48-31/h5-12,19,22-23,26-31H,1-4,13-18H2,(H,39,43)(H,40,44)/t22-,23-,26-,27-,28-,29-,30+,31+/m0/s1. The lowest BCUT2D eigenvalue weighted by Crippen LogP contribution is -2.49. The van der Waals surface area contributed by atoms with Crippen molar-refractivity contribution in [2.75, 3.05) is 23.8 Å². The van der Waals surface area contributed by atoms with Crippen molar-refractivity contribution >= 4 is 35.0 Å². The highest BCUT2D eigenvalue weighted by atomic mass is 16.5. The van der Waals surface area contributed by atoms with Gasteiger partial charge in [-0.05, 0) is 112 Å². The van der Waals surface area contributed by atoms with E-state index < -0.39 is 24.3 Å². The van der Waals surface area contributed by atoms with Crippen LogP contribution in [0.3, 0.4) is 0 Å². The number of carbonyl (C=O) groups excluding carboxylic acids is 4. The molecule has 2 saturated carbocycles. The molecule has 2 aromatic carbocycles. The zero-order valence-electron chi connectivity index (χ0n) is 27.1. The van der Waals surface area contributed by atoms with Crippen LogP contribution in [0.1, 0.15) is 51.4 Å². The number of fused-ring (bicyclic) bond motifs is 2. The summed E-state index contributed by atoms with van der Waals surface area (Å²) >= 11 is 0. The van der Waals surface area contributed by atoms with Crippen molar-refractivity contribution in [2.24, 2.45) is 11.8 Å². The molecule has 0 radical (unpaired) electrons. The van der Waals surface area contributed by atoms with Crippen molar-refractivity contribution in [1.82, 2.24) is 14.8 Å². The molecule has 0 unspecified atom stereocenters. The quantitative estimate of drug-likeness (QED) is 0.364. The SMILES string of the molecule is O=C(Nc1ccc(-c2cnc(-c3ccc(NC(=O)[C@@H]4C[C@@H]5C[C@@H]5N4C(=O)[C@H]4CCCO4)cc3)o2)cc1)[C@@H]1C[C@@H]2C[C@@H]2N1C(=O)[C@H]1CCCO1. The summed E-state index contributed by atoms with van der Waals surface area (Å²) in [7, 11) is 0. The monoisotopic (exact) mass is 665 g/mol. The fourth-order valence-electron chi connectivity index (χ4n) is 8.30. The minimum absolute atomic E-state index is 0.0477. The molecular formula is C37H39N5O7. The van der Waals surface area contributed by atoms with E-state index in [4.69, 9.17) is 13.9 Å². The van der Waals surface area contributed by atoms with Crippen molar-refractivity contribution in [3.05, 3.63) is 54.7 Å². The van der Waals surface area contributed by atoms with E-state index in [2.05, 4.69) is 15.6 Å². The van der Waals surface area contributed by atoms with Gasteiger partial charge in [-0.25, -0.2) is 4.98 Å². The van der Waals surface area contributed by atoms with Gasteiger partial charge in [-0.15, -0.1) is 0 Å². The maximum Gasteiger partial charge on any atom is 0.252 e. The fourth-order valence-corrected chi connectivity index (χ4v) is 8.30. The fraction of sp³-hybridized carbons (Fsp3) is 0.486. The van der Waals surface area contributed by atoms with Crippen molar-refractivity contribution in [2.45, 2.75) is 87.7 Å². The molecule has 3 aromatic rings. The van der Waals surface area contributed by atoms with Crippen LogP contribution in [0.25, 0.3) is 22.8 Å². The summed E-state index contributed by atoms with van der Waals surface area (Å²) in [5, 5.41) is 5.99. The summed E-state index contributed by atoms with van der Waals surface area (Å²) in [6.45, 7) is 1.20. The Balaban J connectivity index is 0.812. The number of nitrogens with zero attached hydrogens (tertiary/aromatic N) is 3. The Morgan fingerprint density at radius 2 is 1.14 bits per heavy atom. The molecule has 8 atom stereocenters. The second-order valence-corrected chi connectivity index (χ2v) is 14.3. The molecule has 9 rings (SSSR count). The molecule has 4 aliphatic heterocycles. The number of hydrogen-bond acceptors (Lipinski definition) is 8. The van der Waals surface area contributed by atoms with Gasteiger partial charge in [-0.1, -0.05) is 0 Å². The Kier molecular flexibility index (Phi) is 7.53. The van der Waals surface area contributed by atoms with Gasteiger partial charge >= 0.3 is 0 Å². The summed E-state index contributed by atoms with van der Waals surface area (Å²) in [6, 6.07) is 14.0. The number of ether oxygens (including phenoxy) is 2. The molecule has 49 heavy (non-hydrogen) atoms. The van der Waals surface area contributed by atoms with Gasteiger partial charge < -0.3 is 34.3 Å². The molecular weight excluding hydrogens is 626 g/mol. The molecule has 6 aliphatic rings. The van der Waals surface area contributed by atoms with Gasteiger partial charge in [0.1, 0.15) is 24.3 Å². The van der Waals surface area contributed by atoms with E-state index in [1.54, 1.807) is 28.1 Å². The minimum atomic E-state index is -0.474. The maximum atomic E-state index is 13.3. The maximum absolute atomic E-state index is 13.3. The van der Waals surface area contributed by atoms with Crippen LogP contribution >= 0.6 is 0 Å². The van der Waals surface area contributed by atoms with E-state index in [-0.39, 0.29) is 35.7 Å². The van der Waals surface area contributed by atoms with Crippen LogP contribution in [0.5, 0.6) is 0 Å². The number of anilines is 2. The summed E-state index contributed by atoms with van der Waals surface area (Å²) < 4.78 is 17.3. The van der Waals surface area contributed by atoms with Gasteiger partial charge in [-0.2, -0.15) is 0 Å². The third-order valence-electron chi connectivity index (χ3n) is 11.1. The number of aromatic nitrogens is 1. The molecule has 12 heteroatoms. The highest BCUT2D eigenvalue weighted by molar-refractivity contribution is 5.99. The van der Waals surface area contributed by atoms with Crippen molar-refractivity contribution in [3.8, 4) is 22.8 Å². The Morgan fingerprint density at radius 1 is 0.653 bits per heavy atom. The van der Waals surface area contributed by atoms with Crippen LogP contribution in [0.4, 0.5) is 11.4 Å². The minimum Gasteiger partial charge on any atom is -0.436 e. The summed E-state index contributed by atoms with van der Waals surface area (Å²) in [5.74, 6) is 1.38. The van der Waals surface area contributed by atoms with Gasteiger partial charge in [0.2, 0.25) is 17.7 Å². The first-order valence-electron chi connectivity index (χ1n) is 17.6. The largest absolute Gasteiger partial charge is 0.436 e. The van der Waals surface area contributed by atoms with Crippen LogP contribution in [-0.4, -0.2) is 88.0 Å². The highest BCUT2D eigenvalue weighted by Gasteiger charge is 2.58. The van der Waals surface area contributed by atoms with E-state index in [0.717, 1.165) is 49.7 Å². The number of rotatable bonds is 8. The molecule has 4 saturated heterocycles. The number of benzene rings is 2. The van der Waals surface area contributed by atoms with E-state index >= 15 is 0 Å². The highest BCUT2D eigenvalue weighted by Crippen LogP contribution is 2.49. The van der Waals surface area contributed by atoms with Crippen LogP contribution in [-0.2, 0) is 28.7 Å². The first-order valence-corrected chi connectivity index (χ1v) is 17.6. The zero-order chi connectivity index (χ0) is 33.2. The first-order chi connectivity index (χ1) is 23.9. The molecule has 0 spiro atoms. The second kappa shape index (κ2) is 12.1. The van der Waals surface area contributed by atoms with Crippen molar-refractivity contribution in [3.63, 3.8) is 0 Å². The first kappa shape index (κ1) is 30.5. The van der Waals surface area contributed by atoms with Crippen LogP contribution in [0, 0.1) is 11.8 Å². The Morgan fingerprint density at radius 3 is 1.61 bits per heavy atom. The van der Waals surface area contributed by atoms with E-state index in [1.165, 1.54) is 0 Å². The Bertz CT molecular complexity index is 1650. The summed E-state index contributed by atoms with van der Waals surface area (Å²) in [4.78, 5) is 60.8. The lowest BCUT2D eigenvalue weighted by Gasteiger charge is -2.28. The van der Waals surface area contributed by atoms with Crippen LogP contribution in [0.2, 0.25) is 0 Å². The van der Waals surface area contributed by atoms with Crippen molar-refractivity contribution < 1.29 is 33.1 Å². The number of oxazole rings is 1. The summed E-state index contributed by atoms with van der Waals surface area (Å²) in [5.41, 5.74) is 2.83. The van der Waals surface area contributed by atoms with Gasteiger partial charge in [0.25, 0.3) is 11.8 Å². The molecule has 2 aliphatic carbocycles. The number of amides is 4. The Labute approximate surface area is 283 Å². The lowest BCUT2D eigenvalue weighted by atomic mass is 10.1. The molecule has 2 N–H and O–H groups in total. The van der Waals surface area contributed by atoms with E-state index in [1.807, 2.05) is 36.4 Å². The second-order valence-electron chi connectivity index (χ2n) is 14.3. The zero-order valence-corrected chi connectivity index (χ0v) is 27.1. The van der Waals surface area contributed by atoms with Crippen LogP contribution < -0.4 is 10.6 Å². The van der Waals surface area contributed by atoms with Gasteiger partial charge in [-0.3, -0.25) is 19.2 Å². The number of likely N-dealkylation sites (tertiary alicyclic amines) is 2. The third-order valence-corrected chi connectivity index (χ3v) is 11.1. The van der Waals surface area contributed by atoms with Gasteiger partial charge in [0, 0.05) is 47.8 Å². The van der Waals surface area contributed by atoms with Gasteiger partial charge in [0.05, 0.1) is 6.20 Å². The number of nitrogens with one attached hydrogen (secondary N) is 2. The predicted molar refractivity (Wildman–Crippen MR) is 177 cm³/mol. The molecule has 6 fully saturated rings. The predicted octanol–water partition coefficient (Wildman–Crippen LogP) is 4.22. The van der Waals surface area contributed by atoms with E-state index in [9.17, 15) is 19.2 Å². The van der Waals surface area contributed by atoms with Crippen molar-refractivity contribution in [1.29, 1.82) is 0 Å². The van der Waals surface area contributed by atoms with Crippen LogP contribution in [0.15, 0.2) is 59.1 Å². The molecule has 1 aromatic heterocycles. The smallest absolute Gasteiger partial charge is 0.252 e. The summed E-state index contributed by atoms with van der Waals surface area (Å²) in [6.07, 6.45) is 7.32. The molecule has 0 bridgehead atoms. The number of hydrogen-bond donors (Lipinski definition) is 2. The third kappa shape index (κ3) is 5.70. The molecule has 12 nitrogen and oxygen atoms in total. The lowest BCUT2D eigenvalue weighted by molar-refractivity contribution is -0.146. The normalized spacial score (nSPS) is 30.9.